The van der Waals surface area contributed by atoms with E-state index in [2.05, 4.69) is 26.0 Å². The minimum atomic E-state index is -2.91. The summed E-state index contributed by atoms with van der Waals surface area (Å²) < 4.78 is 35.2. The first kappa shape index (κ1) is 17.2. The molecule has 0 saturated carbocycles. The molecule has 2 rings (SSSR count). The molecule has 23 heavy (non-hydrogen) atoms. The van der Waals surface area contributed by atoms with Crippen LogP contribution < -0.4 is 14.8 Å². The highest BCUT2D eigenvalue weighted by molar-refractivity contribution is 9.10. The second-order valence-electron chi connectivity index (χ2n) is 4.51. The molecule has 0 fully saturated rings. The maximum atomic E-state index is 12.3. The van der Waals surface area contributed by atoms with Crippen molar-refractivity contribution in [2.75, 3.05) is 6.61 Å². The van der Waals surface area contributed by atoms with Crippen molar-refractivity contribution in [2.45, 2.75) is 13.2 Å². The van der Waals surface area contributed by atoms with Crippen LogP contribution in [0.5, 0.6) is 11.5 Å². The molecule has 0 unspecified atom stereocenters. The highest BCUT2D eigenvalue weighted by atomic mass is 79.9. The minimum Gasteiger partial charge on any atom is -0.484 e. The summed E-state index contributed by atoms with van der Waals surface area (Å²) in [5.41, 5.74) is 0.462. The molecule has 0 aliphatic heterocycles. The summed E-state index contributed by atoms with van der Waals surface area (Å²) in [6.07, 6.45) is 0. The molecule has 0 heterocycles. The van der Waals surface area contributed by atoms with E-state index >= 15 is 0 Å². The van der Waals surface area contributed by atoms with Crippen LogP contribution in [-0.2, 0) is 11.3 Å². The van der Waals surface area contributed by atoms with Gasteiger partial charge in [0.15, 0.2) is 6.61 Å². The number of ether oxygens (including phenoxy) is 2. The van der Waals surface area contributed by atoms with Crippen molar-refractivity contribution < 1.29 is 23.0 Å². The predicted molar refractivity (Wildman–Crippen MR) is 84.6 cm³/mol. The number of benzene rings is 2. The number of amides is 1. The largest absolute Gasteiger partial charge is 0.484 e. The molecule has 0 aliphatic carbocycles. The fourth-order valence-corrected chi connectivity index (χ4v) is 2.19. The van der Waals surface area contributed by atoms with E-state index in [1.807, 2.05) is 6.07 Å². The first-order chi connectivity index (χ1) is 11.0. The van der Waals surface area contributed by atoms with Crippen molar-refractivity contribution >= 4 is 21.8 Å². The number of carbonyl (C=O) groups excluding carboxylic acids is 1. The van der Waals surface area contributed by atoms with Gasteiger partial charge in [-0.25, -0.2) is 0 Å². The number of hydrogen-bond acceptors (Lipinski definition) is 3. The van der Waals surface area contributed by atoms with Crippen molar-refractivity contribution in [1.29, 1.82) is 0 Å². The smallest absolute Gasteiger partial charge is 0.387 e. The molecule has 0 aromatic heterocycles. The molecule has 0 bridgehead atoms. The van der Waals surface area contributed by atoms with Gasteiger partial charge < -0.3 is 14.8 Å². The van der Waals surface area contributed by atoms with E-state index in [9.17, 15) is 13.6 Å². The summed E-state index contributed by atoms with van der Waals surface area (Å²) >= 11 is 3.30. The van der Waals surface area contributed by atoms with Gasteiger partial charge in [-0.2, -0.15) is 8.78 Å². The van der Waals surface area contributed by atoms with Gasteiger partial charge in [0.2, 0.25) is 0 Å². The van der Waals surface area contributed by atoms with Crippen molar-refractivity contribution in [2.24, 2.45) is 0 Å². The standard InChI is InChI=1S/C16H14BrF2NO3/c17-12-5-3-6-13(8-12)22-10-15(21)20-9-11-4-1-2-7-14(11)23-16(18)19/h1-8,16H,9-10H2,(H,20,21). The molecular formula is C16H14BrF2NO3. The molecule has 1 N–H and O–H groups in total. The van der Waals surface area contributed by atoms with Gasteiger partial charge in [0.1, 0.15) is 11.5 Å². The van der Waals surface area contributed by atoms with Crippen LogP contribution in [0.4, 0.5) is 8.78 Å². The Labute approximate surface area is 140 Å². The fraction of sp³-hybridized carbons (Fsp3) is 0.188. The van der Waals surface area contributed by atoms with E-state index in [0.717, 1.165) is 4.47 Å². The molecule has 0 radical (unpaired) electrons. The van der Waals surface area contributed by atoms with E-state index in [1.165, 1.54) is 6.07 Å². The zero-order valence-corrected chi connectivity index (χ0v) is 13.6. The fourth-order valence-electron chi connectivity index (χ4n) is 1.81. The quantitative estimate of drug-likeness (QED) is 0.789. The number of alkyl halides is 2. The summed E-state index contributed by atoms with van der Waals surface area (Å²) in [6.45, 7) is -3.01. The average Bonchev–Trinajstić information content (AvgIpc) is 2.51. The van der Waals surface area contributed by atoms with Crippen molar-refractivity contribution in [3.63, 3.8) is 0 Å². The van der Waals surface area contributed by atoms with E-state index in [4.69, 9.17) is 4.74 Å². The number of rotatable bonds is 7. The average molecular weight is 386 g/mol. The number of para-hydroxylation sites is 1. The number of carbonyl (C=O) groups is 1. The van der Waals surface area contributed by atoms with Crippen LogP contribution in [0.2, 0.25) is 0 Å². The van der Waals surface area contributed by atoms with E-state index in [-0.39, 0.29) is 24.8 Å². The number of nitrogens with one attached hydrogen (secondary N) is 1. The highest BCUT2D eigenvalue weighted by Gasteiger charge is 2.10. The minimum absolute atomic E-state index is 0.0377. The van der Waals surface area contributed by atoms with Crippen LogP contribution in [0.15, 0.2) is 53.0 Å². The van der Waals surface area contributed by atoms with Gasteiger partial charge in [0.25, 0.3) is 5.91 Å². The molecule has 0 spiro atoms. The Hall–Kier alpha value is -2.15. The van der Waals surface area contributed by atoms with Crippen LogP contribution in [0.25, 0.3) is 0 Å². The Bertz CT molecular complexity index is 667. The maximum absolute atomic E-state index is 12.3. The Morgan fingerprint density at radius 1 is 1.17 bits per heavy atom. The second-order valence-corrected chi connectivity index (χ2v) is 5.42. The Kier molecular flexibility index (Phi) is 6.34. The molecule has 122 valence electrons. The van der Waals surface area contributed by atoms with E-state index in [1.54, 1.807) is 36.4 Å². The van der Waals surface area contributed by atoms with Gasteiger partial charge in [0, 0.05) is 16.6 Å². The molecule has 1 amide bonds. The monoisotopic (exact) mass is 385 g/mol. The van der Waals surface area contributed by atoms with Crippen molar-refractivity contribution in [3.8, 4) is 11.5 Å². The lowest BCUT2D eigenvalue weighted by Crippen LogP contribution is -2.28. The molecule has 0 aliphatic rings. The van der Waals surface area contributed by atoms with Gasteiger partial charge in [-0.3, -0.25) is 4.79 Å². The first-order valence-electron chi connectivity index (χ1n) is 6.72. The summed E-state index contributed by atoms with van der Waals surface area (Å²) in [4.78, 5) is 11.8. The summed E-state index contributed by atoms with van der Waals surface area (Å²) in [5.74, 6) is 0.225. The summed E-state index contributed by atoms with van der Waals surface area (Å²) in [7, 11) is 0. The third kappa shape index (κ3) is 5.86. The molecule has 0 saturated heterocycles. The van der Waals surface area contributed by atoms with Gasteiger partial charge in [-0.1, -0.05) is 40.2 Å². The zero-order valence-electron chi connectivity index (χ0n) is 12.0. The number of hydrogen-bond donors (Lipinski definition) is 1. The lowest BCUT2D eigenvalue weighted by molar-refractivity contribution is -0.123. The molecule has 2 aromatic rings. The maximum Gasteiger partial charge on any atom is 0.387 e. The second kappa shape index (κ2) is 8.47. The Morgan fingerprint density at radius 3 is 2.70 bits per heavy atom. The third-order valence-electron chi connectivity index (χ3n) is 2.83. The van der Waals surface area contributed by atoms with Crippen LogP contribution >= 0.6 is 15.9 Å². The normalized spacial score (nSPS) is 10.4. The van der Waals surface area contributed by atoms with Crippen molar-refractivity contribution in [3.05, 3.63) is 58.6 Å². The Balaban J connectivity index is 1.85. The van der Waals surface area contributed by atoms with Crippen LogP contribution in [0.3, 0.4) is 0 Å². The number of halogens is 3. The highest BCUT2D eigenvalue weighted by Crippen LogP contribution is 2.20. The SMILES string of the molecule is O=C(COc1cccc(Br)c1)NCc1ccccc1OC(F)F. The zero-order chi connectivity index (χ0) is 16.7. The lowest BCUT2D eigenvalue weighted by Gasteiger charge is -2.12. The van der Waals surface area contributed by atoms with Gasteiger partial charge >= 0.3 is 6.61 Å². The predicted octanol–water partition coefficient (Wildman–Crippen LogP) is 3.75. The summed E-state index contributed by atoms with van der Waals surface area (Å²) in [5, 5.41) is 2.60. The van der Waals surface area contributed by atoms with Gasteiger partial charge in [-0.05, 0) is 24.3 Å². The molecule has 2 aromatic carbocycles. The van der Waals surface area contributed by atoms with Crippen LogP contribution in [0, 0.1) is 0 Å². The lowest BCUT2D eigenvalue weighted by atomic mass is 10.2. The van der Waals surface area contributed by atoms with Gasteiger partial charge in [0.05, 0.1) is 0 Å². The molecular weight excluding hydrogens is 372 g/mol. The molecule has 0 atom stereocenters. The summed E-state index contributed by atoms with van der Waals surface area (Å²) in [6, 6.07) is 13.4. The molecule has 4 nitrogen and oxygen atoms in total. The first-order valence-corrected chi connectivity index (χ1v) is 7.51. The van der Waals surface area contributed by atoms with Gasteiger partial charge in [-0.15, -0.1) is 0 Å². The third-order valence-corrected chi connectivity index (χ3v) is 3.32. The van der Waals surface area contributed by atoms with Crippen molar-refractivity contribution in [1.82, 2.24) is 5.32 Å². The molecule has 7 heteroatoms. The Morgan fingerprint density at radius 2 is 1.96 bits per heavy atom. The van der Waals surface area contributed by atoms with Crippen LogP contribution in [0.1, 0.15) is 5.56 Å². The van der Waals surface area contributed by atoms with Crippen LogP contribution in [-0.4, -0.2) is 19.1 Å². The van der Waals surface area contributed by atoms with E-state index in [0.29, 0.717) is 11.3 Å². The van der Waals surface area contributed by atoms with E-state index < -0.39 is 6.61 Å². The topological polar surface area (TPSA) is 47.6 Å².